The number of nitrogens with zero attached hydrogens (tertiary/aromatic N) is 2. The second-order valence-corrected chi connectivity index (χ2v) is 5.87. The van der Waals surface area contributed by atoms with Gasteiger partial charge in [0.25, 0.3) is 11.2 Å². The molecule has 0 aromatic carbocycles. The van der Waals surface area contributed by atoms with Gasteiger partial charge < -0.3 is 9.88 Å². The Labute approximate surface area is 112 Å². The largest absolute Gasteiger partial charge is 0.312 e. The average Bonchev–Trinajstić information content (AvgIpc) is 2.28. The third-order valence-electron chi connectivity index (χ3n) is 2.67. The van der Waals surface area contributed by atoms with Crippen LogP contribution < -0.4 is 10.9 Å². The third kappa shape index (κ3) is 5.21. The lowest BCUT2D eigenvalue weighted by atomic mass is 10.1. The Bertz CT molecular complexity index is 503. The van der Waals surface area contributed by atoms with Crippen molar-refractivity contribution in [3.63, 3.8) is 0 Å². The van der Waals surface area contributed by atoms with E-state index in [1.165, 1.54) is 22.9 Å². The number of rotatable bonds is 5. The summed E-state index contributed by atoms with van der Waals surface area (Å²) in [7, 11) is 0. The summed E-state index contributed by atoms with van der Waals surface area (Å²) in [4.78, 5) is 21.8. The number of hydrogen-bond donors (Lipinski definition) is 1. The average molecular weight is 267 g/mol. The van der Waals surface area contributed by atoms with E-state index in [0.29, 0.717) is 6.54 Å². The van der Waals surface area contributed by atoms with Crippen LogP contribution in [0.1, 0.15) is 27.7 Å². The highest BCUT2D eigenvalue weighted by molar-refractivity contribution is 5.24. The molecule has 1 aromatic rings. The second kappa shape index (κ2) is 5.97. The van der Waals surface area contributed by atoms with Gasteiger partial charge in [-0.2, -0.15) is 0 Å². The highest BCUT2D eigenvalue weighted by Gasteiger charge is 2.13. The molecule has 0 amide bonds. The first-order chi connectivity index (χ1) is 8.69. The van der Waals surface area contributed by atoms with Gasteiger partial charge in [-0.15, -0.1) is 0 Å². The number of nitrogens with one attached hydrogen (secondary N) is 1. The van der Waals surface area contributed by atoms with Gasteiger partial charge in [-0.25, -0.2) is 0 Å². The lowest BCUT2D eigenvalue weighted by Crippen LogP contribution is -2.40. The van der Waals surface area contributed by atoms with Crippen molar-refractivity contribution in [3.05, 3.63) is 38.8 Å². The van der Waals surface area contributed by atoms with Gasteiger partial charge in [0.05, 0.1) is 11.1 Å². The summed E-state index contributed by atoms with van der Waals surface area (Å²) in [5.41, 5.74) is -0.258. The second-order valence-electron chi connectivity index (χ2n) is 5.87. The van der Waals surface area contributed by atoms with Crippen molar-refractivity contribution in [2.75, 3.05) is 6.54 Å². The van der Waals surface area contributed by atoms with Crippen LogP contribution >= 0.6 is 0 Å². The van der Waals surface area contributed by atoms with Gasteiger partial charge in [0.15, 0.2) is 0 Å². The molecule has 0 radical (unpaired) electrons. The lowest BCUT2D eigenvalue weighted by Gasteiger charge is -2.23. The van der Waals surface area contributed by atoms with E-state index >= 15 is 0 Å². The molecule has 1 unspecified atom stereocenters. The maximum absolute atomic E-state index is 11.7. The van der Waals surface area contributed by atoms with Crippen LogP contribution in [0, 0.1) is 16.0 Å². The minimum absolute atomic E-state index is 0.0158. The zero-order valence-electron chi connectivity index (χ0n) is 11.8. The monoisotopic (exact) mass is 267 g/mol. The van der Waals surface area contributed by atoms with Gasteiger partial charge in [-0.1, -0.05) is 6.92 Å². The zero-order chi connectivity index (χ0) is 14.6. The quantitative estimate of drug-likeness (QED) is 0.651. The van der Waals surface area contributed by atoms with E-state index in [0.717, 1.165) is 6.54 Å². The topological polar surface area (TPSA) is 77.2 Å². The van der Waals surface area contributed by atoms with E-state index in [-0.39, 0.29) is 22.7 Å². The Hall–Kier alpha value is -1.69. The van der Waals surface area contributed by atoms with Crippen LogP contribution in [0.25, 0.3) is 0 Å². The molecule has 0 saturated carbocycles. The van der Waals surface area contributed by atoms with Crippen LogP contribution in [0.4, 0.5) is 5.69 Å². The van der Waals surface area contributed by atoms with Crippen LogP contribution in [0.3, 0.4) is 0 Å². The molecule has 1 heterocycles. The van der Waals surface area contributed by atoms with Crippen LogP contribution in [-0.2, 0) is 6.54 Å². The predicted molar refractivity (Wildman–Crippen MR) is 74.3 cm³/mol. The molecular weight excluding hydrogens is 246 g/mol. The van der Waals surface area contributed by atoms with Crippen molar-refractivity contribution in [2.45, 2.75) is 39.8 Å². The molecule has 0 bridgehead atoms. The molecular formula is C13H21N3O3. The summed E-state index contributed by atoms with van der Waals surface area (Å²) >= 11 is 0. The number of aromatic nitrogens is 1. The molecule has 0 fully saturated rings. The fourth-order valence-corrected chi connectivity index (χ4v) is 1.65. The van der Waals surface area contributed by atoms with E-state index in [4.69, 9.17) is 0 Å². The zero-order valence-corrected chi connectivity index (χ0v) is 11.8. The summed E-state index contributed by atoms with van der Waals surface area (Å²) in [6.45, 7) is 9.42. The van der Waals surface area contributed by atoms with E-state index in [2.05, 4.69) is 26.1 Å². The van der Waals surface area contributed by atoms with Crippen molar-refractivity contribution in [1.29, 1.82) is 0 Å². The normalized spacial score (nSPS) is 13.3. The van der Waals surface area contributed by atoms with Gasteiger partial charge in [-0.05, 0) is 33.2 Å². The van der Waals surface area contributed by atoms with Crippen LogP contribution in [0.15, 0.2) is 23.1 Å². The molecule has 19 heavy (non-hydrogen) atoms. The first-order valence-corrected chi connectivity index (χ1v) is 6.29. The van der Waals surface area contributed by atoms with E-state index in [1.807, 2.05) is 6.92 Å². The fraction of sp³-hybridized carbons (Fsp3) is 0.615. The molecule has 0 aliphatic heterocycles. The molecule has 0 aliphatic rings. The molecule has 6 heteroatoms. The standard InChI is InChI=1S/C13H21N3O3/c1-10(7-14-13(2,3)4)8-15-9-11(16(18)19)5-6-12(15)17/h5-6,9-10,14H,7-8H2,1-4H3. The maximum Gasteiger partial charge on any atom is 0.285 e. The molecule has 1 rings (SSSR count). The first kappa shape index (κ1) is 15.4. The molecule has 1 N–H and O–H groups in total. The van der Waals surface area contributed by atoms with Gasteiger partial charge >= 0.3 is 0 Å². The molecule has 106 valence electrons. The number of hydrogen-bond acceptors (Lipinski definition) is 4. The Morgan fingerprint density at radius 2 is 2.05 bits per heavy atom. The SMILES string of the molecule is CC(CNC(C)(C)C)Cn1cc([N+](=O)[O-])ccc1=O. The Morgan fingerprint density at radius 3 is 2.58 bits per heavy atom. The molecule has 6 nitrogen and oxygen atoms in total. The van der Waals surface area contributed by atoms with Crippen molar-refractivity contribution >= 4 is 5.69 Å². The van der Waals surface area contributed by atoms with Crippen molar-refractivity contribution < 1.29 is 4.92 Å². The number of pyridine rings is 1. The van der Waals surface area contributed by atoms with Crippen LogP contribution in [-0.4, -0.2) is 21.6 Å². The molecule has 1 aromatic heterocycles. The van der Waals surface area contributed by atoms with Crippen molar-refractivity contribution in [3.8, 4) is 0 Å². The Balaban J connectivity index is 2.73. The third-order valence-corrected chi connectivity index (χ3v) is 2.67. The van der Waals surface area contributed by atoms with Gasteiger partial charge in [0, 0.05) is 24.2 Å². The molecule has 0 saturated heterocycles. The summed E-state index contributed by atoms with van der Waals surface area (Å²) in [5.74, 6) is 0.207. The summed E-state index contributed by atoms with van der Waals surface area (Å²) < 4.78 is 1.40. The maximum atomic E-state index is 11.7. The van der Waals surface area contributed by atoms with Crippen molar-refractivity contribution in [1.82, 2.24) is 9.88 Å². The summed E-state index contributed by atoms with van der Waals surface area (Å²) in [5, 5.41) is 14.0. The minimum Gasteiger partial charge on any atom is -0.312 e. The smallest absolute Gasteiger partial charge is 0.285 e. The molecule has 0 spiro atoms. The minimum atomic E-state index is -0.492. The van der Waals surface area contributed by atoms with E-state index in [9.17, 15) is 14.9 Å². The summed E-state index contributed by atoms with van der Waals surface area (Å²) in [6, 6.07) is 2.47. The highest BCUT2D eigenvalue weighted by atomic mass is 16.6. The van der Waals surface area contributed by atoms with Crippen LogP contribution in [0.5, 0.6) is 0 Å². The summed E-state index contributed by atoms with van der Waals surface area (Å²) in [6.07, 6.45) is 1.30. The fourth-order valence-electron chi connectivity index (χ4n) is 1.65. The molecule has 0 aliphatic carbocycles. The van der Waals surface area contributed by atoms with E-state index in [1.54, 1.807) is 0 Å². The number of nitro groups is 1. The Morgan fingerprint density at radius 1 is 1.42 bits per heavy atom. The van der Waals surface area contributed by atoms with Gasteiger partial charge in [0.2, 0.25) is 0 Å². The lowest BCUT2D eigenvalue weighted by molar-refractivity contribution is -0.385. The van der Waals surface area contributed by atoms with Crippen molar-refractivity contribution in [2.24, 2.45) is 5.92 Å². The highest BCUT2D eigenvalue weighted by Crippen LogP contribution is 2.08. The Kier molecular flexibility index (Phi) is 4.83. The first-order valence-electron chi connectivity index (χ1n) is 6.29. The van der Waals surface area contributed by atoms with Gasteiger partial charge in [-0.3, -0.25) is 14.9 Å². The van der Waals surface area contributed by atoms with E-state index < -0.39 is 4.92 Å². The predicted octanol–water partition coefficient (Wildman–Crippen LogP) is 1.78. The van der Waals surface area contributed by atoms with Gasteiger partial charge in [0.1, 0.15) is 0 Å². The van der Waals surface area contributed by atoms with Crippen LogP contribution in [0.2, 0.25) is 0 Å². The molecule has 1 atom stereocenters.